The Labute approximate surface area is 197 Å². The lowest BCUT2D eigenvalue weighted by molar-refractivity contribution is 0.0505. The first-order valence-electron chi connectivity index (χ1n) is 11.3. The number of aryl methyl sites for hydroxylation is 3. The smallest absolute Gasteiger partial charge is 0.341 e. The van der Waals surface area contributed by atoms with Gasteiger partial charge in [-0.25, -0.2) is 9.48 Å². The van der Waals surface area contributed by atoms with Gasteiger partial charge in [0.25, 0.3) is 5.91 Å². The van der Waals surface area contributed by atoms with E-state index >= 15 is 0 Å². The number of aromatic nitrogens is 2. The van der Waals surface area contributed by atoms with Crippen molar-refractivity contribution < 1.29 is 19.1 Å². The summed E-state index contributed by atoms with van der Waals surface area (Å²) in [4.78, 5) is 26.8. The fourth-order valence-corrected chi connectivity index (χ4v) is 5.23. The second kappa shape index (κ2) is 10.2. The normalized spacial score (nSPS) is 12.8. The number of amides is 1. The molecule has 33 heavy (non-hydrogen) atoms. The molecule has 8 heteroatoms. The highest BCUT2D eigenvalue weighted by atomic mass is 32.1. The lowest BCUT2D eigenvalue weighted by Gasteiger charge is -2.12. The van der Waals surface area contributed by atoms with Crippen LogP contribution in [0.5, 0.6) is 5.75 Å². The predicted molar refractivity (Wildman–Crippen MR) is 128 cm³/mol. The summed E-state index contributed by atoms with van der Waals surface area (Å²) >= 11 is 1.47. The first kappa shape index (κ1) is 23.0. The van der Waals surface area contributed by atoms with Crippen LogP contribution in [0.3, 0.4) is 0 Å². The Hall–Kier alpha value is -3.13. The number of benzene rings is 1. The Morgan fingerprint density at radius 2 is 2.00 bits per heavy atom. The number of nitrogens with one attached hydrogen (secondary N) is 1. The molecule has 1 aromatic carbocycles. The van der Waals surface area contributed by atoms with E-state index in [1.54, 1.807) is 16.9 Å². The van der Waals surface area contributed by atoms with Gasteiger partial charge in [0.15, 0.2) is 12.4 Å². The Morgan fingerprint density at radius 3 is 2.79 bits per heavy atom. The molecule has 0 atom stereocenters. The van der Waals surface area contributed by atoms with Crippen molar-refractivity contribution in [2.75, 3.05) is 11.9 Å². The van der Waals surface area contributed by atoms with Crippen molar-refractivity contribution in [1.29, 1.82) is 0 Å². The summed E-state index contributed by atoms with van der Waals surface area (Å²) in [5.41, 5.74) is 4.01. The lowest BCUT2D eigenvalue weighted by atomic mass is 9.95. The number of ether oxygens (including phenoxy) is 2. The zero-order chi connectivity index (χ0) is 23.4. The van der Waals surface area contributed by atoms with Crippen LogP contribution in [0.25, 0.3) is 0 Å². The van der Waals surface area contributed by atoms with Crippen LogP contribution in [0.2, 0.25) is 0 Å². The topological polar surface area (TPSA) is 82.5 Å². The second-order valence-corrected chi connectivity index (χ2v) is 9.39. The fraction of sp³-hybridized carbons (Fsp3) is 0.400. The molecule has 7 nitrogen and oxygen atoms in total. The molecule has 1 amide bonds. The van der Waals surface area contributed by atoms with Gasteiger partial charge >= 0.3 is 5.97 Å². The van der Waals surface area contributed by atoms with E-state index in [-0.39, 0.29) is 24.3 Å². The number of fused-ring (bicyclic) bond motifs is 1. The molecule has 0 unspecified atom stereocenters. The average Bonchev–Trinajstić information content (AvgIpc) is 3.41. The second-order valence-electron chi connectivity index (χ2n) is 8.29. The quantitative estimate of drug-likeness (QED) is 0.455. The number of carbonyl (C=O) groups is 2. The molecule has 0 spiro atoms. The van der Waals surface area contributed by atoms with E-state index in [0.29, 0.717) is 17.2 Å². The first-order chi connectivity index (χ1) is 16.0. The van der Waals surface area contributed by atoms with E-state index < -0.39 is 0 Å². The third kappa shape index (κ3) is 5.27. The molecule has 2 aromatic heterocycles. The van der Waals surface area contributed by atoms with E-state index in [1.165, 1.54) is 16.9 Å². The molecule has 0 saturated heterocycles. The molecule has 1 aliphatic rings. The molecule has 1 N–H and O–H groups in total. The van der Waals surface area contributed by atoms with Gasteiger partial charge < -0.3 is 14.8 Å². The van der Waals surface area contributed by atoms with Crippen molar-refractivity contribution in [3.05, 3.63) is 63.3 Å². The van der Waals surface area contributed by atoms with Crippen LogP contribution in [-0.2, 0) is 24.3 Å². The largest absolute Gasteiger partial charge is 0.471 e. The molecular formula is C25H29N3O4S. The summed E-state index contributed by atoms with van der Waals surface area (Å²) in [6.07, 6.45) is 6.35. The van der Waals surface area contributed by atoms with E-state index in [4.69, 9.17) is 9.47 Å². The van der Waals surface area contributed by atoms with Crippen molar-refractivity contribution in [1.82, 2.24) is 9.78 Å². The zero-order valence-electron chi connectivity index (χ0n) is 19.3. The van der Waals surface area contributed by atoms with Crippen molar-refractivity contribution >= 4 is 28.2 Å². The first-order valence-corrected chi connectivity index (χ1v) is 12.1. The van der Waals surface area contributed by atoms with Crippen LogP contribution in [0, 0.1) is 13.8 Å². The summed E-state index contributed by atoms with van der Waals surface area (Å²) in [5, 5.41) is 7.80. The summed E-state index contributed by atoms with van der Waals surface area (Å²) in [7, 11) is 0. The van der Waals surface area contributed by atoms with Gasteiger partial charge in [-0.15, -0.1) is 11.3 Å². The van der Waals surface area contributed by atoms with Gasteiger partial charge in [0.05, 0.1) is 12.2 Å². The van der Waals surface area contributed by atoms with Gasteiger partial charge in [-0.05, 0) is 69.2 Å². The predicted octanol–water partition coefficient (Wildman–Crippen LogP) is 5.30. The number of hydrogen-bond acceptors (Lipinski definition) is 6. The number of rotatable bonds is 8. The molecule has 3 aromatic rings. The minimum absolute atomic E-state index is 0.194. The molecule has 4 rings (SSSR count). The molecule has 0 fully saturated rings. The SMILES string of the molecule is CCCOC(=O)c1c(NC(=O)c2ccn(COc3ccc(C)cc3C)n2)sc2c1CCCC2. The van der Waals surface area contributed by atoms with Crippen LogP contribution in [0.4, 0.5) is 5.00 Å². The highest BCUT2D eigenvalue weighted by Gasteiger charge is 2.28. The summed E-state index contributed by atoms with van der Waals surface area (Å²) in [6, 6.07) is 7.62. The molecule has 0 bridgehead atoms. The summed E-state index contributed by atoms with van der Waals surface area (Å²) in [5.74, 6) is 0.0591. The van der Waals surface area contributed by atoms with Crippen LogP contribution >= 0.6 is 11.3 Å². The van der Waals surface area contributed by atoms with Crippen LogP contribution < -0.4 is 10.1 Å². The zero-order valence-corrected chi connectivity index (χ0v) is 20.1. The number of thiophene rings is 1. The van der Waals surface area contributed by atoms with Crippen molar-refractivity contribution in [3.63, 3.8) is 0 Å². The monoisotopic (exact) mass is 467 g/mol. The maximum Gasteiger partial charge on any atom is 0.341 e. The maximum absolute atomic E-state index is 12.9. The van der Waals surface area contributed by atoms with Crippen LogP contribution in [-0.4, -0.2) is 28.3 Å². The number of carbonyl (C=O) groups excluding carboxylic acids is 2. The minimum Gasteiger partial charge on any atom is -0.471 e. The molecule has 0 radical (unpaired) electrons. The Morgan fingerprint density at radius 1 is 1.18 bits per heavy atom. The van der Waals surface area contributed by atoms with E-state index in [2.05, 4.69) is 16.5 Å². The van der Waals surface area contributed by atoms with Crippen molar-refractivity contribution in [3.8, 4) is 5.75 Å². The highest BCUT2D eigenvalue weighted by Crippen LogP contribution is 2.38. The van der Waals surface area contributed by atoms with E-state index in [1.807, 2.05) is 32.9 Å². The third-order valence-electron chi connectivity index (χ3n) is 5.60. The van der Waals surface area contributed by atoms with Crippen LogP contribution in [0.15, 0.2) is 30.5 Å². The van der Waals surface area contributed by atoms with Gasteiger partial charge in [-0.2, -0.15) is 5.10 Å². The average molecular weight is 468 g/mol. The Bertz CT molecular complexity index is 1160. The standard InChI is InChI=1S/C25H29N3O4S/c1-4-13-31-25(30)22-18-7-5-6-8-21(18)33-24(22)26-23(29)19-11-12-28(27-19)15-32-20-10-9-16(2)14-17(20)3/h9-12,14H,4-8,13,15H2,1-3H3,(H,26,29). The van der Waals surface area contributed by atoms with Gasteiger partial charge in [-0.3, -0.25) is 4.79 Å². The maximum atomic E-state index is 12.9. The number of nitrogens with zero attached hydrogens (tertiary/aromatic N) is 2. The number of anilines is 1. The summed E-state index contributed by atoms with van der Waals surface area (Å²) in [6.45, 7) is 6.54. The van der Waals surface area contributed by atoms with Gasteiger partial charge in [-0.1, -0.05) is 24.6 Å². The molecule has 0 aliphatic heterocycles. The number of esters is 1. The van der Waals surface area contributed by atoms with Crippen molar-refractivity contribution in [2.45, 2.75) is 59.6 Å². The lowest BCUT2D eigenvalue weighted by Crippen LogP contribution is -2.17. The van der Waals surface area contributed by atoms with Gasteiger partial charge in [0.2, 0.25) is 0 Å². The summed E-state index contributed by atoms with van der Waals surface area (Å²) < 4.78 is 12.8. The van der Waals surface area contributed by atoms with E-state index in [0.717, 1.165) is 53.9 Å². The van der Waals surface area contributed by atoms with Crippen molar-refractivity contribution in [2.24, 2.45) is 0 Å². The van der Waals surface area contributed by atoms with Gasteiger partial charge in [0.1, 0.15) is 10.8 Å². The molecule has 0 saturated carbocycles. The number of hydrogen-bond donors (Lipinski definition) is 1. The minimum atomic E-state index is -0.362. The molecule has 2 heterocycles. The van der Waals surface area contributed by atoms with E-state index in [9.17, 15) is 9.59 Å². The molecular weight excluding hydrogens is 438 g/mol. The Kier molecular flexibility index (Phi) is 7.13. The third-order valence-corrected chi connectivity index (χ3v) is 6.80. The molecule has 1 aliphatic carbocycles. The van der Waals surface area contributed by atoms with Gasteiger partial charge in [0, 0.05) is 11.1 Å². The fourth-order valence-electron chi connectivity index (χ4n) is 3.96. The Balaban J connectivity index is 1.47. The van der Waals surface area contributed by atoms with Crippen LogP contribution in [0.1, 0.15) is 68.6 Å². The highest BCUT2D eigenvalue weighted by molar-refractivity contribution is 7.17. The molecule has 174 valence electrons.